The molecule has 0 radical (unpaired) electrons. The molecular weight excluding hydrogens is 302 g/mol. The zero-order valence-electron chi connectivity index (χ0n) is 12.7. The van der Waals surface area contributed by atoms with Crippen LogP contribution in [-0.2, 0) is 22.6 Å². The Balaban J connectivity index is 1.82. The number of hydrogen-bond acceptors (Lipinski definition) is 6. The Morgan fingerprint density at radius 1 is 1.35 bits per heavy atom. The van der Waals surface area contributed by atoms with Crippen molar-refractivity contribution in [2.24, 2.45) is 21.4 Å². The number of aryl methyl sites for hydroxylation is 1. The molecule has 0 aliphatic carbocycles. The van der Waals surface area contributed by atoms with Gasteiger partial charge in [-0.1, -0.05) is 5.22 Å². The van der Waals surface area contributed by atoms with Crippen LogP contribution in [0.3, 0.4) is 0 Å². The Morgan fingerprint density at radius 2 is 2.09 bits per heavy atom. The average molecular weight is 321 g/mol. The fourth-order valence-electron chi connectivity index (χ4n) is 2.59. The van der Waals surface area contributed by atoms with Crippen LogP contribution in [-0.4, -0.2) is 45.4 Å². The van der Waals surface area contributed by atoms with Gasteiger partial charge in [0.15, 0.2) is 0 Å². The number of nitrogens with two attached hydrogens (primary N) is 1. The van der Waals surface area contributed by atoms with Crippen molar-refractivity contribution >= 4 is 11.8 Å². The van der Waals surface area contributed by atoms with Gasteiger partial charge in [0.05, 0.1) is 6.04 Å². The Hall–Kier alpha value is -2.65. The minimum atomic E-state index is -0.772. The summed E-state index contributed by atoms with van der Waals surface area (Å²) in [5.41, 5.74) is 0. The molecule has 0 spiro atoms. The predicted octanol–water partition coefficient (Wildman–Crippen LogP) is 0.426. The number of rotatable bonds is 6. The van der Waals surface area contributed by atoms with Crippen LogP contribution in [0.2, 0.25) is 0 Å². The first kappa shape index (κ1) is 16.7. The van der Waals surface area contributed by atoms with Crippen LogP contribution in [0, 0.1) is 4.91 Å². The molecule has 1 aromatic heterocycles. The van der Waals surface area contributed by atoms with E-state index in [1.54, 1.807) is 11.1 Å². The van der Waals surface area contributed by atoms with Crippen molar-refractivity contribution in [2.75, 3.05) is 13.1 Å². The SMILES string of the molecule is NN=NC1CCN(C(=O)CCc2nccn2CC(=O)N=O)CC1. The fraction of sp³-hybridized carbons (Fsp3) is 0.615. The molecule has 2 N–H and O–H groups in total. The van der Waals surface area contributed by atoms with E-state index in [1.165, 1.54) is 10.8 Å². The highest BCUT2D eigenvalue weighted by atomic mass is 16.3. The van der Waals surface area contributed by atoms with Crippen LogP contribution in [0.15, 0.2) is 27.9 Å². The molecule has 23 heavy (non-hydrogen) atoms. The van der Waals surface area contributed by atoms with E-state index < -0.39 is 5.91 Å². The second-order valence-electron chi connectivity index (χ2n) is 5.30. The Morgan fingerprint density at radius 3 is 2.74 bits per heavy atom. The minimum Gasteiger partial charge on any atom is -0.343 e. The number of nitrogens with zero attached hydrogens (tertiary/aromatic N) is 6. The molecule has 0 aromatic carbocycles. The maximum absolute atomic E-state index is 12.2. The number of carbonyl (C=O) groups is 2. The molecule has 2 amide bonds. The summed E-state index contributed by atoms with van der Waals surface area (Å²) < 4.78 is 1.53. The normalized spacial score (nSPS) is 15.9. The smallest absolute Gasteiger partial charge is 0.305 e. The van der Waals surface area contributed by atoms with Crippen LogP contribution >= 0.6 is 0 Å². The first-order valence-corrected chi connectivity index (χ1v) is 7.38. The lowest BCUT2D eigenvalue weighted by atomic mass is 10.1. The third kappa shape index (κ3) is 4.66. The Kier molecular flexibility index (Phi) is 5.89. The van der Waals surface area contributed by atoms with Crippen molar-refractivity contribution in [3.63, 3.8) is 0 Å². The average Bonchev–Trinajstić information content (AvgIpc) is 3.00. The number of nitroso groups, excluding NO2 is 1. The number of aromatic nitrogens is 2. The molecule has 1 saturated heterocycles. The van der Waals surface area contributed by atoms with E-state index in [4.69, 9.17) is 5.84 Å². The first-order valence-electron chi connectivity index (χ1n) is 7.38. The number of likely N-dealkylation sites (tertiary alicyclic amines) is 1. The van der Waals surface area contributed by atoms with Gasteiger partial charge in [0, 0.05) is 43.5 Å². The molecule has 0 atom stereocenters. The molecule has 2 heterocycles. The quantitative estimate of drug-likeness (QED) is 0.350. The highest BCUT2D eigenvalue weighted by Gasteiger charge is 2.22. The van der Waals surface area contributed by atoms with Crippen molar-refractivity contribution in [1.82, 2.24) is 14.5 Å². The van der Waals surface area contributed by atoms with Gasteiger partial charge in [0.25, 0.3) is 0 Å². The van der Waals surface area contributed by atoms with E-state index >= 15 is 0 Å². The summed E-state index contributed by atoms with van der Waals surface area (Å²) in [5, 5.41) is 9.55. The Bertz CT molecular complexity index is 590. The van der Waals surface area contributed by atoms with Crippen LogP contribution in [0.25, 0.3) is 0 Å². The molecule has 1 aliphatic heterocycles. The lowest BCUT2D eigenvalue weighted by molar-refractivity contribution is -0.132. The van der Waals surface area contributed by atoms with Gasteiger partial charge in [-0.05, 0) is 12.8 Å². The van der Waals surface area contributed by atoms with E-state index in [1.807, 2.05) is 0 Å². The van der Waals surface area contributed by atoms with E-state index in [-0.39, 0.29) is 18.5 Å². The maximum Gasteiger partial charge on any atom is 0.305 e. The summed E-state index contributed by atoms with van der Waals surface area (Å²) in [7, 11) is 0. The van der Waals surface area contributed by atoms with Gasteiger partial charge < -0.3 is 15.3 Å². The Labute approximate surface area is 132 Å². The topological polar surface area (TPSA) is 135 Å². The van der Waals surface area contributed by atoms with E-state index in [0.717, 1.165) is 12.8 Å². The largest absolute Gasteiger partial charge is 0.343 e. The van der Waals surface area contributed by atoms with E-state index in [2.05, 4.69) is 20.5 Å². The molecule has 0 saturated carbocycles. The highest BCUT2D eigenvalue weighted by molar-refractivity contribution is 5.77. The third-order valence-electron chi connectivity index (χ3n) is 3.82. The second-order valence-corrected chi connectivity index (χ2v) is 5.30. The minimum absolute atomic E-state index is 0.0301. The molecule has 0 unspecified atom stereocenters. The zero-order valence-corrected chi connectivity index (χ0v) is 12.7. The summed E-state index contributed by atoms with van der Waals surface area (Å²) in [6.07, 6.45) is 5.32. The van der Waals surface area contributed by atoms with Gasteiger partial charge in [-0.25, -0.2) is 4.98 Å². The third-order valence-corrected chi connectivity index (χ3v) is 3.82. The van der Waals surface area contributed by atoms with Crippen LogP contribution in [0.4, 0.5) is 0 Å². The van der Waals surface area contributed by atoms with Crippen LogP contribution in [0.5, 0.6) is 0 Å². The van der Waals surface area contributed by atoms with Crippen molar-refractivity contribution in [3.8, 4) is 0 Å². The highest BCUT2D eigenvalue weighted by Crippen LogP contribution is 2.15. The molecule has 10 heteroatoms. The van der Waals surface area contributed by atoms with Gasteiger partial charge in [-0.2, -0.15) is 5.11 Å². The number of piperidine rings is 1. The van der Waals surface area contributed by atoms with Crippen molar-refractivity contribution < 1.29 is 9.59 Å². The molecule has 2 rings (SSSR count). The summed E-state index contributed by atoms with van der Waals surface area (Å²) in [4.78, 5) is 39.4. The summed E-state index contributed by atoms with van der Waals surface area (Å²) in [6, 6.07) is 0.0878. The van der Waals surface area contributed by atoms with Crippen molar-refractivity contribution in [3.05, 3.63) is 23.1 Å². The van der Waals surface area contributed by atoms with Crippen molar-refractivity contribution in [1.29, 1.82) is 0 Å². The number of imidazole rings is 1. The molecular formula is C13H19N7O3. The summed E-state index contributed by atoms with van der Waals surface area (Å²) in [5.74, 6) is 4.88. The molecule has 124 valence electrons. The van der Waals surface area contributed by atoms with E-state index in [0.29, 0.717) is 31.8 Å². The van der Waals surface area contributed by atoms with Crippen LogP contribution in [0.1, 0.15) is 25.1 Å². The zero-order chi connectivity index (χ0) is 16.7. The lowest BCUT2D eigenvalue weighted by Gasteiger charge is -2.29. The predicted molar refractivity (Wildman–Crippen MR) is 80.0 cm³/mol. The molecule has 0 bridgehead atoms. The van der Waals surface area contributed by atoms with Gasteiger partial charge in [0.1, 0.15) is 12.4 Å². The van der Waals surface area contributed by atoms with Crippen LogP contribution < -0.4 is 5.84 Å². The summed E-state index contributed by atoms with van der Waals surface area (Å²) >= 11 is 0. The molecule has 10 nitrogen and oxygen atoms in total. The standard InChI is InChI=1S/C13H19N7O3/c14-18-16-10-3-6-19(7-4-10)13(22)2-1-11-15-5-8-20(11)9-12(21)17-23/h5,8,10H,1-4,6-7,9H2,(H2,14,16). The number of carbonyl (C=O) groups excluding carboxylic acids is 2. The molecule has 1 aromatic rings. The fourth-order valence-corrected chi connectivity index (χ4v) is 2.59. The second kappa shape index (κ2) is 8.11. The van der Waals surface area contributed by atoms with Gasteiger partial charge in [0.2, 0.25) is 5.91 Å². The van der Waals surface area contributed by atoms with E-state index in [9.17, 15) is 14.5 Å². The van der Waals surface area contributed by atoms with Crippen molar-refractivity contribution in [2.45, 2.75) is 38.3 Å². The number of amides is 2. The summed E-state index contributed by atoms with van der Waals surface area (Å²) in [6.45, 7) is 1.11. The van der Waals surface area contributed by atoms with Gasteiger partial charge in [-0.3, -0.25) is 9.59 Å². The number of hydrogen-bond donors (Lipinski definition) is 1. The van der Waals surface area contributed by atoms with Gasteiger partial charge in [-0.15, -0.1) is 4.91 Å². The maximum atomic E-state index is 12.2. The lowest BCUT2D eigenvalue weighted by Crippen LogP contribution is -2.39. The van der Waals surface area contributed by atoms with Gasteiger partial charge >= 0.3 is 5.91 Å². The molecule has 1 fully saturated rings. The monoisotopic (exact) mass is 321 g/mol. The first-order chi connectivity index (χ1) is 11.1. The molecule has 1 aliphatic rings.